The van der Waals surface area contributed by atoms with Crippen LogP contribution in [0.4, 0.5) is 0 Å². The van der Waals surface area contributed by atoms with E-state index in [0.29, 0.717) is 0 Å². The molecule has 0 saturated carbocycles. The number of nitrogens with zero attached hydrogens (tertiary/aromatic N) is 3. The maximum absolute atomic E-state index is 2.91. The second-order valence-corrected chi connectivity index (χ2v) is 25.4. The summed E-state index contributed by atoms with van der Waals surface area (Å²) in [5.41, 5.74) is 17.5. The summed E-state index contributed by atoms with van der Waals surface area (Å²) in [6.45, 7) is 0. The standard InChI is InChI=1S/C78H53N3Si/c1-5-22-54(23-6-1)57-26-21-31-66(50-57)82(63-27-9-3-10-28-63,64-29-11-4-12-30-64)65-44-40-56(41-45-65)59-48-61(80-73-36-17-13-32-67(73)68-33-14-18-37-74(68)80)52-62(49-59)81-75-38-19-15-34-69(75)71-46-43-60(53-78(71)81)79-76-39-20-16-35-70(76)72-51-58(42-47-77(72)79)55-24-7-2-8-25-55/h1-53H. The minimum atomic E-state index is -2.91. The Kier molecular flexibility index (Phi) is 11.2. The maximum atomic E-state index is 2.51. The average molecular weight is 1060 g/mol. The van der Waals surface area contributed by atoms with Crippen molar-refractivity contribution in [1.82, 2.24) is 13.7 Å². The van der Waals surface area contributed by atoms with E-state index in [9.17, 15) is 0 Å². The van der Waals surface area contributed by atoms with Crippen molar-refractivity contribution in [2.75, 3.05) is 0 Å². The van der Waals surface area contributed by atoms with Gasteiger partial charge in [0.1, 0.15) is 0 Å². The summed E-state index contributed by atoms with van der Waals surface area (Å²) in [5, 5.41) is 12.7. The van der Waals surface area contributed by atoms with Gasteiger partial charge in [0, 0.05) is 49.4 Å². The molecule has 0 bridgehead atoms. The molecular weight excluding hydrogens is 1010 g/mol. The van der Waals surface area contributed by atoms with Gasteiger partial charge in [-0.2, -0.15) is 0 Å². The van der Waals surface area contributed by atoms with Crippen LogP contribution in [0.5, 0.6) is 0 Å². The molecule has 0 radical (unpaired) electrons. The minimum Gasteiger partial charge on any atom is -0.309 e. The van der Waals surface area contributed by atoms with E-state index in [1.165, 1.54) is 97.4 Å². The van der Waals surface area contributed by atoms with E-state index in [1.54, 1.807) is 0 Å². The number of para-hydroxylation sites is 4. The van der Waals surface area contributed by atoms with Gasteiger partial charge < -0.3 is 13.7 Å². The molecule has 3 nitrogen and oxygen atoms in total. The lowest BCUT2D eigenvalue weighted by atomic mass is 10.0. The summed E-state index contributed by atoms with van der Waals surface area (Å²) in [4.78, 5) is 0. The highest BCUT2D eigenvalue weighted by Crippen LogP contribution is 2.41. The Morgan fingerprint density at radius 2 is 0.537 bits per heavy atom. The van der Waals surface area contributed by atoms with Gasteiger partial charge in [0.15, 0.2) is 8.07 Å². The monoisotopic (exact) mass is 1060 g/mol. The molecule has 4 heteroatoms. The molecule has 3 heterocycles. The number of hydrogen-bond acceptors (Lipinski definition) is 0. The van der Waals surface area contributed by atoms with E-state index >= 15 is 0 Å². The van der Waals surface area contributed by atoms with Gasteiger partial charge in [0.2, 0.25) is 0 Å². The molecule has 16 rings (SSSR count). The van der Waals surface area contributed by atoms with Crippen LogP contribution in [-0.4, -0.2) is 21.8 Å². The molecule has 13 aromatic carbocycles. The Balaban J connectivity index is 0.926. The fourth-order valence-electron chi connectivity index (χ4n) is 13.5. The maximum Gasteiger partial charge on any atom is 0.179 e. The average Bonchev–Trinajstić information content (AvgIpc) is 4.37. The van der Waals surface area contributed by atoms with Crippen LogP contribution in [0.2, 0.25) is 0 Å². The molecule has 0 N–H and O–H groups in total. The van der Waals surface area contributed by atoms with E-state index in [0.717, 1.165) is 39.2 Å². The summed E-state index contributed by atoms with van der Waals surface area (Å²) in [5.74, 6) is 0. The van der Waals surface area contributed by atoms with Crippen LogP contribution >= 0.6 is 0 Å². The number of fused-ring (bicyclic) bond motifs is 9. The fourth-order valence-corrected chi connectivity index (χ4v) is 18.3. The van der Waals surface area contributed by atoms with Crippen molar-refractivity contribution in [3.05, 3.63) is 322 Å². The summed E-state index contributed by atoms with van der Waals surface area (Å²) < 4.78 is 7.43. The summed E-state index contributed by atoms with van der Waals surface area (Å²) in [6, 6.07) is 120. The zero-order valence-electron chi connectivity index (χ0n) is 44.9. The zero-order chi connectivity index (χ0) is 54.1. The quantitative estimate of drug-likeness (QED) is 0.0958. The van der Waals surface area contributed by atoms with E-state index < -0.39 is 8.07 Å². The molecule has 0 aliphatic heterocycles. The van der Waals surface area contributed by atoms with Gasteiger partial charge in [-0.15, -0.1) is 0 Å². The zero-order valence-corrected chi connectivity index (χ0v) is 45.9. The normalized spacial score (nSPS) is 11.9. The molecule has 0 atom stereocenters. The lowest BCUT2D eigenvalue weighted by Crippen LogP contribution is -2.74. The van der Waals surface area contributed by atoms with Crippen molar-refractivity contribution in [2.24, 2.45) is 0 Å². The first-order valence-electron chi connectivity index (χ1n) is 28.3. The predicted octanol–water partition coefficient (Wildman–Crippen LogP) is 17.4. The topological polar surface area (TPSA) is 14.8 Å². The summed E-state index contributed by atoms with van der Waals surface area (Å²) >= 11 is 0. The molecule has 0 aliphatic rings. The van der Waals surface area contributed by atoms with E-state index in [-0.39, 0.29) is 0 Å². The van der Waals surface area contributed by atoms with Crippen LogP contribution in [0, 0.1) is 0 Å². The van der Waals surface area contributed by atoms with Crippen LogP contribution in [0.15, 0.2) is 322 Å². The van der Waals surface area contributed by atoms with E-state index in [4.69, 9.17) is 0 Å². The molecule has 16 aromatic rings. The van der Waals surface area contributed by atoms with Gasteiger partial charge in [-0.25, -0.2) is 0 Å². The molecule has 3 aromatic heterocycles. The van der Waals surface area contributed by atoms with Gasteiger partial charge >= 0.3 is 0 Å². The van der Waals surface area contributed by atoms with Crippen molar-refractivity contribution >= 4 is 94.2 Å². The highest BCUT2D eigenvalue weighted by Gasteiger charge is 2.41. The summed E-state index contributed by atoms with van der Waals surface area (Å²) in [6.07, 6.45) is 0. The van der Waals surface area contributed by atoms with Crippen LogP contribution < -0.4 is 20.7 Å². The Bertz CT molecular complexity index is 4980. The van der Waals surface area contributed by atoms with Gasteiger partial charge in [0.05, 0.1) is 33.1 Å². The Hall–Kier alpha value is -10.5. The lowest BCUT2D eigenvalue weighted by molar-refractivity contribution is 1.13. The van der Waals surface area contributed by atoms with Crippen LogP contribution in [0.1, 0.15) is 0 Å². The fraction of sp³-hybridized carbons (Fsp3) is 0. The molecule has 0 amide bonds. The second kappa shape index (κ2) is 19.4. The highest BCUT2D eigenvalue weighted by molar-refractivity contribution is 7.20. The Morgan fingerprint density at radius 3 is 1.07 bits per heavy atom. The van der Waals surface area contributed by atoms with E-state index in [1.807, 2.05) is 0 Å². The van der Waals surface area contributed by atoms with Gasteiger partial charge in [-0.3, -0.25) is 0 Å². The van der Waals surface area contributed by atoms with Crippen LogP contribution in [-0.2, 0) is 0 Å². The van der Waals surface area contributed by atoms with Crippen molar-refractivity contribution < 1.29 is 0 Å². The SMILES string of the molecule is c1ccc(-c2cccc([Si](c3ccccc3)(c3ccccc3)c3ccc(-c4cc(-n5c6ccccc6c6ccccc65)cc(-n5c6ccccc6c6ccc(-n7c8ccccc8c8cc(-c9ccccc9)ccc87)cc65)c4)cc3)c2)cc1. The van der Waals surface area contributed by atoms with Gasteiger partial charge in [-0.05, 0) is 121 Å². The molecule has 82 heavy (non-hydrogen) atoms. The van der Waals surface area contributed by atoms with E-state index in [2.05, 4.69) is 335 Å². The van der Waals surface area contributed by atoms with Crippen LogP contribution in [0.25, 0.3) is 116 Å². The number of benzene rings is 13. The number of rotatable bonds is 10. The molecule has 0 fully saturated rings. The van der Waals surface area contributed by atoms with Crippen molar-refractivity contribution in [1.29, 1.82) is 0 Å². The third-order valence-corrected chi connectivity index (χ3v) is 21.9. The molecule has 0 aliphatic carbocycles. The first-order valence-corrected chi connectivity index (χ1v) is 30.3. The van der Waals surface area contributed by atoms with Crippen LogP contribution in [0.3, 0.4) is 0 Å². The molecular formula is C78H53N3Si. The predicted molar refractivity (Wildman–Crippen MR) is 349 cm³/mol. The second-order valence-electron chi connectivity index (χ2n) is 21.6. The third kappa shape index (κ3) is 7.57. The molecule has 384 valence electrons. The van der Waals surface area contributed by atoms with Gasteiger partial charge in [-0.1, -0.05) is 255 Å². The first kappa shape index (κ1) is 47.5. The molecule has 0 saturated heterocycles. The summed E-state index contributed by atoms with van der Waals surface area (Å²) in [7, 11) is -2.91. The lowest BCUT2D eigenvalue weighted by Gasteiger charge is -2.35. The highest BCUT2D eigenvalue weighted by atomic mass is 28.3. The van der Waals surface area contributed by atoms with Gasteiger partial charge in [0.25, 0.3) is 0 Å². The van der Waals surface area contributed by atoms with Crippen molar-refractivity contribution in [3.63, 3.8) is 0 Å². The Labute approximate surface area is 477 Å². The first-order chi connectivity index (χ1) is 40.7. The smallest absolute Gasteiger partial charge is 0.179 e. The molecule has 0 unspecified atom stereocenters. The van der Waals surface area contributed by atoms with Crippen molar-refractivity contribution in [2.45, 2.75) is 0 Å². The third-order valence-electron chi connectivity index (χ3n) is 17.2. The number of hydrogen-bond donors (Lipinski definition) is 0. The minimum absolute atomic E-state index is 1.09. The molecule has 0 spiro atoms. The largest absolute Gasteiger partial charge is 0.309 e. The Morgan fingerprint density at radius 1 is 0.171 bits per heavy atom. The number of aromatic nitrogens is 3. The van der Waals surface area contributed by atoms with Crippen molar-refractivity contribution in [3.8, 4) is 50.4 Å².